The molecule has 92 valence electrons. The van der Waals surface area contributed by atoms with Gasteiger partial charge in [0.2, 0.25) is 5.96 Å². The van der Waals surface area contributed by atoms with Crippen LogP contribution in [0, 0.1) is 0 Å². The van der Waals surface area contributed by atoms with Crippen molar-refractivity contribution in [2.75, 3.05) is 0 Å². The summed E-state index contributed by atoms with van der Waals surface area (Å²) in [7, 11) is 0. The first-order valence-electron chi connectivity index (χ1n) is 4.47. The van der Waals surface area contributed by atoms with Crippen molar-refractivity contribution in [2.45, 2.75) is 6.92 Å². The van der Waals surface area contributed by atoms with Gasteiger partial charge in [-0.1, -0.05) is 12.1 Å². The third kappa shape index (κ3) is 4.52. The zero-order chi connectivity index (χ0) is 12.1. The summed E-state index contributed by atoms with van der Waals surface area (Å²) >= 11 is 0. The van der Waals surface area contributed by atoms with Crippen LogP contribution in [0.1, 0.15) is 22.8 Å². The molecule has 0 aliphatic rings. The Kier molecular flexibility index (Phi) is 5.70. The Balaban J connectivity index is 0.00000256. The van der Waals surface area contributed by atoms with Crippen LogP contribution in [0.3, 0.4) is 0 Å². The SMILES string of the molecule is C/C(=N/N=C(N)N)c1ccc(C(=O)O)cc1.Cl. The molecule has 0 heterocycles. The molecule has 17 heavy (non-hydrogen) atoms. The Hall–Kier alpha value is -2.08. The van der Waals surface area contributed by atoms with Crippen LogP contribution in [0.25, 0.3) is 0 Å². The van der Waals surface area contributed by atoms with E-state index in [1.807, 2.05) is 0 Å². The van der Waals surface area contributed by atoms with E-state index < -0.39 is 5.97 Å². The number of hydrogen-bond donors (Lipinski definition) is 3. The lowest BCUT2D eigenvalue weighted by Crippen LogP contribution is -2.22. The van der Waals surface area contributed by atoms with E-state index in [1.165, 1.54) is 12.1 Å². The number of carbonyl (C=O) groups is 1. The molecule has 0 fully saturated rings. The second kappa shape index (κ2) is 6.49. The molecule has 0 saturated carbocycles. The monoisotopic (exact) mass is 256 g/mol. The summed E-state index contributed by atoms with van der Waals surface area (Å²) < 4.78 is 0. The third-order valence-corrected chi connectivity index (χ3v) is 1.87. The molecule has 0 aromatic heterocycles. The molecule has 1 aromatic carbocycles. The van der Waals surface area contributed by atoms with Crippen molar-refractivity contribution in [1.29, 1.82) is 0 Å². The molecule has 0 radical (unpaired) electrons. The van der Waals surface area contributed by atoms with Gasteiger partial charge in [-0.2, -0.15) is 5.10 Å². The first kappa shape index (κ1) is 14.9. The van der Waals surface area contributed by atoms with Gasteiger partial charge in [-0.15, -0.1) is 17.5 Å². The normalized spacial score (nSPS) is 10.3. The second-order valence-electron chi connectivity index (χ2n) is 3.09. The maximum Gasteiger partial charge on any atom is 0.335 e. The van der Waals surface area contributed by atoms with Crippen LogP contribution < -0.4 is 11.5 Å². The molecule has 7 heteroatoms. The fourth-order valence-electron chi connectivity index (χ4n) is 1.04. The maximum absolute atomic E-state index is 10.6. The average molecular weight is 257 g/mol. The molecule has 0 saturated heterocycles. The number of carboxylic acids is 1. The van der Waals surface area contributed by atoms with Crippen LogP contribution in [-0.4, -0.2) is 22.7 Å². The van der Waals surface area contributed by atoms with E-state index in [0.29, 0.717) is 5.71 Å². The van der Waals surface area contributed by atoms with Crippen molar-refractivity contribution in [3.63, 3.8) is 0 Å². The summed E-state index contributed by atoms with van der Waals surface area (Å²) in [5, 5.41) is 16.0. The van der Waals surface area contributed by atoms with Crippen molar-refractivity contribution in [1.82, 2.24) is 0 Å². The van der Waals surface area contributed by atoms with Gasteiger partial charge in [-0.3, -0.25) is 0 Å². The van der Waals surface area contributed by atoms with Crippen molar-refractivity contribution in [3.05, 3.63) is 35.4 Å². The van der Waals surface area contributed by atoms with Crippen LogP contribution in [0.4, 0.5) is 0 Å². The smallest absolute Gasteiger partial charge is 0.335 e. The lowest BCUT2D eigenvalue weighted by molar-refractivity contribution is 0.0697. The molecule has 1 aromatic rings. The van der Waals surface area contributed by atoms with Crippen molar-refractivity contribution >= 4 is 30.0 Å². The second-order valence-corrected chi connectivity index (χ2v) is 3.09. The van der Waals surface area contributed by atoms with Crippen molar-refractivity contribution in [2.24, 2.45) is 21.7 Å². The van der Waals surface area contributed by atoms with Gasteiger partial charge in [0.15, 0.2) is 0 Å². The summed E-state index contributed by atoms with van der Waals surface area (Å²) in [4.78, 5) is 10.6. The molecule has 0 bridgehead atoms. The van der Waals surface area contributed by atoms with Gasteiger partial charge in [-0.25, -0.2) is 4.79 Å². The van der Waals surface area contributed by atoms with Gasteiger partial charge < -0.3 is 16.6 Å². The molecular formula is C10H13ClN4O2. The lowest BCUT2D eigenvalue weighted by Gasteiger charge is -1.99. The molecule has 5 N–H and O–H groups in total. The molecule has 0 amide bonds. The molecule has 0 aliphatic heterocycles. The summed E-state index contributed by atoms with van der Waals surface area (Å²) in [6.07, 6.45) is 0. The van der Waals surface area contributed by atoms with Crippen LogP contribution in [0.5, 0.6) is 0 Å². The number of guanidine groups is 1. The fraction of sp³-hybridized carbons (Fsp3) is 0.100. The lowest BCUT2D eigenvalue weighted by atomic mass is 10.1. The Morgan fingerprint density at radius 2 is 1.59 bits per heavy atom. The minimum Gasteiger partial charge on any atom is -0.478 e. The molecule has 0 aliphatic carbocycles. The number of nitrogens with zero attached hydrogens (tertiary/aromatic N) is 2. The van der Waals surface area contributed by atoms with E-state index >= 15 is 0 Å². The standard InChI is InChI=1S/C10H12N4O2.ClH/c1-6(13-14-10(11)12)7-2-4-8(5-3-7)9(15)16;/h2-5H,1H3,(H,15,16)(H4,11,12,14);1H/b13-6-;. The van der Waals surface area contributed by atoms with E-state index in [0.717, 1.165) is 5.56 Å². The topological polar surface area (TPSA) is 114 Å². The van der Waals surface area contributed by atoms with Gasteiger partial charge >= 0.3 is 5.97 Å². The minimum atomic E-state index is -0.967. The van der Waals surface area contributed by atoms with E-state index in [4.69, 9.17) is 16.6 Å². The molecule has 0 spiro atoms. The Bertz CT molecular complexity index is 450. The summed E-state index contributed by atoms with van der Waals surface area (Å²) in [5.41, 5.74) is 11.8. The first-order valence-corrected chi connectivity index (χ1v) is 4.47. The number of benzene rings is 1. The van der Waals surface area contributed by atoms with E-state index in [-0.39, 0.29) is 23.9 Å². The molecule has 6 nitrogen and oxygen atoms in total. The summed E-state index contributed by atoms with van der Waals surface area (Å²) in [6.45, 7) is 1.72. The Morgan fingerprint density at radius 3 is 2.00 bits per heavy atom. The van der Waals surface area contributed by atoms with Gasteiger partial charge in [-0.05, 0) is 24.6 Å². The highest BCUT2D eigenvalue weighted by Crippen LogP contribution is 2.06. The van der Waals surface area contributed by atoms with E-state index in [1.54, 1.807) is 19.1 Å². The highest BCUT2D eigenvalue weighted by atomic mass is 35.5. The van der Waals surface area contributed by atoms with Crippen LogP contribution in [0.2, 0.25) is 0 Å². The highest BCUT2D eigenvalue weighted by Gasteiger charge is 2.02. The van der Waals surface area contributed by atoms with E-state index in [2.05, 4.69) is 10.2 Å². The maximum atomic E-state index is 10.6. The van der Waals surface area contributed by atoms with Gasteiger partial charge in [0.1, 0.15) is 0 Å². The van der Waals surface area contributed by atoms with Crippen LogP contribution >= 0.6 is 12.4 Å². The van der Waals surface area contributed by atoms with Crippen LogP contribution in [0.15, 0.2) is 34.5 Å². The van der Waals surface area contributed by atoms with Gasteiger partial charge in [0.25, 0.3) is 0 Å². The van der Waals surface area contributed by atoms with E-state index in [9.17, 15) is 4.79 Å². The molecule has 0 unspecified atom stereocenters. The Labute approximate surface area is 104 Å². The number of halogens is 1. The quantitative estimate of drug-likeness (QED) is 0.422. The zero-order valence-corrected chi connectivity index (χ0v) is 9.94. The average Bonchev–Trinajstić information content (AvgIpc) is 2.26. The van der Waals surface area contributed by atoms with Gasteiger partial charge in [0.05, 0.1) is 11.3 Å². The minimum absolute atomic E-state index is 0. The molecule has 0 atom stereocenters. The van der Waals surface area contributed by atoms with Crippen LogP contribution in [-0.2, 0) is 0 Å². The summed E-state index contributed by atoms with van der Waals surface area (Å²) in [5.74, 6) is -1.09. The number of carboxylic acid groups (broad SMARTS) is 1. The van der Waals surface area contributed by atoms with Gasteiger partial charge in [0, 0.05) is 0 Å². The highest BCUT2D eigenvalue weighted by molar-refractivity contribution is 5.99. The largest absolute Gasteiger partial charge is 0.478 e. The molecular weight excluding hydrogens is 244 g/mol. The number of nitrogens with two attached hydrogens (primary N) is 2. The zero-order valence-electron chi connectivity index (χ0n) is 9.12. The predicted molar refractivity (Wildman–Crippen MR) is 68.7 cm³/mol. The molecule has 1 rings (SSSR count). The fourth-order valence-corrected chi connectivity index (χ4v) is 1.04. The third-order valence-electron chi connectivity index (χ3n) is 1.87. The summed E-state index contributed by atoms with van der Waals surface area (Å²) in [6, 6.07) is 6.27. The first-order chi connectivity index (χ1) is 7.50. The Morgan fingerprint density at radius 1 is 1.12 bits per heavy atom. The number of aromatic carboxylic acids is 1. The predicted octanol–water partition coefficient (Wildman–Crippen LogP) is 0.804. The number of rotatable bonds is 3. The van der Waals surface area contributed by atoms with Crippen molar-refractivity contribution < 1.29 is 9.90 Å². The number of hydrogen-bond acceptors (Lipinski definition) is 3. The van der Waals surface area contributed by atoms with Crippen molar-refractivity contribution in [3.8, 4) is 0 Å².